The first-order valence-electron chi connectivity index (χ1n) is 11.1. The van der Waals surface area contributed by atoms with E-state index in [4.69, 9.17) is 4.74 Å². The minimum absolute atomic E-state index is 0.521. The highest BCUT2D eigenvalue weighted by Crippen LogP contribution is 2.30. The third-order valence-electron chi connectivity index (χ3n) is 7.15. The minimum Gasteiger partial charge on any atom is -0.377 e. The molecule has 0 N–H and O–H groups in total. The summed E-state index contributed by atoms with van der Waals surface area (Å²) in [7, 11) is 0. The maximum absolute atomic E-state index is 5.99. The predicted molar refractivity (Wildman–Crippen MR) is 107 cm³/mol. The first-order valence-corrected chi connectivity index (χ1v) is 12.2. The Kier molecular flexibility index (Phi) is 7.01. The summed E-state index contributed by atoms with van der Waals surface area (Å²) in [5.74, 6) is 3.66. The van der Waals surface area contributed by atoms with E-state index in [0.29, 0.717) is 6.10 Å². The van der Waals surface area contributed by atoms with Crippen LogP contribution in [0.3, 0.4) is 0 Å². The molecule has 0 aromatic carbocycles. The summed E-state index contributed by atoms with van der Waals surface area (Å²) in [5, 5.41) is 0. The maximum atomic E-state index is 5.99. The van der Waals surface area contributed by atoms with Crippen LogP contribution in [0, 0.1) is 5.92 Å². The summed E-state index contributed by atoms with van der Waals surface area (Å²) in [6.45, 7) is 6.28. The Labute approximate surface area is 159 Å². The van der Waals surface area contributed by atoms with Crippen molar-refractivity contribution in [2.75, 3.05) is 44.3 Å². The summed E-state index contributed by atoms with van der Waals surface area (Å²) in [6, 6.07) is 1.76. The van der Waals surface area contributed by atoms with E-state index in [1.807, 2.05) is 0 Å². The molecule has 3 nitrogen and oxygen atoms in total. The molecular weight excluding hydrogens is 328 g/mol. The molecule has 0 amide bonds. The molecule has 4 rings (SSSR count). The van der Waals surface area contributed by atoms with Gasteiger partial charge in [0.15, 0.2) is 0 Å². The van der Waals surface area contributed by atoms with Crippen LogP contribution in [-0.2, 0) is 4.74 Å². The highest BCUT2D eigenvalue weighted by atomic mass is 32.2. The highest BCUT2D eigenvalue weighted by Gasteiger charge is 2.31. The van der Waals surface area contributed by atoms with Crippen LogP contribution in [0.4, 0.5) is 0 Å². The summed E-state index contributed by atoms with van der Waals surface area (Å²) in [6.07, 6.45) is 14.6. The van der Waals surface area contributed by atoms with E-state index in [9.17, 15) is 0 Å². The summed E-state index contributed by atoms with van der Waals surface area (Å²) < 4.78 is 5.99. The van der Waals surface area contributed by atoms with Gasteiger partial charge in [0.2, 0.25) is 0 Å². The Bertz CT molecular complexity index is 381. The molecule has 1 saturated carbocycles. The van der Waals surface area contributed by atoms with Crippen molar-refractivity contribution in [3.63, 3.8) is 0 Å². The van der Waals surface area contributed by atoms with Crippen molar-refractivity contribution >= 4 is 11.8 Å². The van der Waals surface area contributed by atoms with E-state index in [1.54, 1.807) is 0 Å². The Hall–Kier alpha value is 0.230. The van der Waals surface area contributed by atoms with Crippen molar-refractivity contribution in [2.24, 2.45) is 5.92 Å². The third kappa shape index (κ3) is 5.15. The molecule has 1 atom stereocenters. The molecule has 4 fully saturated rings. The molecule has 1 aliphatic carbocycles. The molecule has 4 aliphatic rings. The van der Waals surface area contributed by atoms with E-state index in [2.05, 4.69) is 21.6 Å². The maximum Gasteiger partial charge on any atom is 0.0702 e. The van der Waals surface area contributed by atoms with Crippen LogP contribution >= 0.6 is 11.8 Å². The lowest BCUT2D eigenvalue weighted by Gasteiger charge is -2.41. The molecule has 0 aromatic heterocycles. The second kappa shape index (κ2) is 9.43. The van der Waals surface area contributed by atoms with Gasteiger partial charge in [-0.25, -0.2) is 0 Å². The monoisotopic (exact) mass is 366 g/mol. The fraction of sp³-hybridized carbons (Fsp3) is 1.00. The first kappa shape index (κ1) is 18.6. The molecule has 144 valence electrons. The molecule has 0 radical (unpaired) electrons. The van der Waals surface area contributed by atoms with Crippen LogP contribution in [0.25, 0.3) is 0 Å². The van der Waals surface area contributed by atoms with Gasteiger partial charge in [-0.1, -0.05) is 12.8 Å². The average molecular weight is 367 g/mol. The van der Waals surface area contributed by atoms with Gasteiger partial charge in [0.05, 0.1) is 6.10 Å². The van der Waals surface area contributed by atoms with Gasteiger partial charge >= 0.3 is 0 Å². The van der Waals surface area contributed by atoms with Crippen molar-refractivity contribution in [2.45, 2.75) is 82.4 Å². The van der Waals surface area contributed by atoms with Crippen molar-refractivity contribution in [3.8, 4) is 0 Å². The molecule has 4 heteroatoms. The average Bonchev–Trinajstić information content (AvgIpc) is 3.37. The number of piperidine rings is 1. The molecule has 0 spiro atoms. The van der Waals surface area contributed by atoms with Gasteiger partial charge in [-0.2, -0.15) is 11.8 Å². The fourth-order valence-electron chi connectivity index (χ4n) is 5.57. The third-order valence-corrected chi connectivity index (χ3v) is 8.20. The number of ether oxygens (including phenoxy) is 1. The van der Waals surface area contributed by atoms with E-state index in [-0.39, 0.29) is 0 Å². The Morgan fingerprint density at radius 1 is 0.840 bits per heavy atom. The van der Waals surface area contributed by atoms with Crippen LogP contribution in [0.5, 0.6) is 0 Å². The normalized spacial score (nSPS) is 31.3. The molecule has 3 saturated heterocycles. The fourth-order valence-corrected chi connectivity index (χ4v) is 6.66. The molecule has 0 bridgehead atoms. The van der Waals surface area contributed by atoms with Crippen molar-refractivity contribution in [3.05, 3.63) is 0 Å². The highest BCUT2D eigenvalue weighted by molar-refractivity contribution is 7.99. The molecular formula is C21H38N2OS. The van der Waals surface area contributed by atoms with Gasteiger partial charge in [-0.3, -0.25) is 4.90 Å². The molecule has 3 heterocycles. The molecule has 0 aromatic rings. The number of rotatable bonds is 6. The van der Waals surface area contributed by atoms with Crippen molar-refractivity contribution in [1.82, 2.24) is 9.80 Å². The molecule has 3 aliphatic heterocycles. The smallest absolute Gasteiger partial charge is 0.0702 e. The van der Waals surface area contributed by atoms with Gasteiger partial charge in [0.1, 0.15) is 0 Å². The van der Waals surface area contributed by atoms with E-state index < -0.39 is 0 Å². The molecule has 25 heavy (non-hydrogen) atoms. The van der Waals surface area contributed by atoms with E-state index in [0.717, 1.165) is 24.6 Å². The van der Waals surface area contributed by atoms with Gasteiger partial charge in [-0.05, 0) is 81.9 Å². The lowest BCUT2D eigenvalue weighted by Crippen LogP contribution is -2.47. The Morgan fingerprint density at radius 2 is 1.60 bits per heavy atom. The van der Waals surface area contributed by atoms with Gasteiger partial charge < -0.3 is 9.64 Å². The largest absolute Gasteiger partial charge is 0.377 e. The number of hydrogen-bond donors (Lipinski definition) is 0. The van der Waals surface area contributed by atoms with Crippen LogP contribution < -0.4 is 0 Å². The topological polar surface area (TPSA) is 15.7 Å². The number of nitrogens with zero attached hydrogens (tertiary/aromatic N) is 2. The van der Waals surface area contributed by atoms with E-state index >= 15 is 0 Å². The van der Waals surface area contributed by atoms with Crippen LogP contribution in [-0.4, -0.2) is 72.3 Å². The standard InChI is InChI=1S/C21H38N2OS/c1-2-5-19(4-1)22-11-7-18(8-12-22)16-23(17-21-6-3-13-24-21)20-9-14-25-15-10-20/h18-21H,1-17H2. The van der Waals surface area contributed by atoms with Crippen molar-refractivity contribution in [1.29, 1.82) is 0 Å². The Morgan fingerprint density at radius 3 is 2.28 bits per heavy atom. The lowest BCUT2D eigenvalue weighted by molar-refractivity contribution is 0.0368. The Balaban J connectivity index is 1.28. The predicted octanol–water partition coefficient (Wildman–Crippen LogP) is 4.02. The van der Waals surface area contributed by atoms with Crippen LogP contribution in [0.15, 0.2) is 0 Å². The number of hydrogen-bond acceptors (Lipinski definition) is 4. The summed E-state index contributed by atoms with van der Waals surface area (Å²) in [4.78, 5) is 5.69. The van der Waals surface area contributed by atoms with Gasteiger partial charge in [-0.15, -0.1) is 0 Å². The second-order valence-electron chi connectivity index (χ2n) is 8.85. The zero-order valence-electron chi connectivity index (χ0n) is 16.0. The van der Waals surface area contributed by atoms with Crippen LogP contribution in [0.1, 0.15) is 64.2 Å². The summed E-state index contributed by atoms with van der Waals surface area (Å²) in [5.41, 5.74) is 0. The SMILES string of the molecule is C1COC(CN(CC2CCN(C3CCCC3)CC2)C2CCSCC2)C1. The van der Waals surface area contributed by atoms with Gasteiger partial charge in [0.25, 0.3) is 0 Å². The van der Waals surface area contributed by atoms with Gasteiger partial charge in [0, 0.05) is 31.8 Å². The number of thioether (sulfide) groups is 1. The van der Waals surface area contributed by atoms with E-state index in [1.165, 1.54) is 102 Å². The quantitative estimate of drug-likeness (QED) is 0.705. The zero-order chi connectivity index (χ0) is 16.9. The first-order chi connectivity index (χ1) is 12.4. The summed E-state index contributed by atoms with van der Waals surface area (Å²) >= 11 is 2.15. The number of likely N-dealkylation sites (tertiary alicyclic amines) is 1. The lowest BCUT2D eigenvalue weighted by atomic mass is 9.93. The van der Waals surface area contributed by atoms with Crippen LogP contribution in [0.2, 0.25) is 0 Å². The minimum atomic E-state index is 0.521. The second-order valence-corrected chi connectivity index (χ2v) is 10.1. The van der Waals surface area contributed by atoms with Crippen molar-refractivity contribution < 1.29 is 4.74 Å². The molecule has 1 unspecified atom stereocenters. The zero-order valence-corrected chi connectivity index (χ0v) is 16.9.